The van der Waals surface area contributed by atoms with Gasteiger partial charge in [0.05, 0.1) is 13.2 Å². The van der Waals surface area contributed by atoms with Crippen LogP contribution in [0, 0.1) is 5.92 Å². The van der Waals surface area contributed by atoms with E-state index in [4.69, 9.17) is 16.2 Å². The van der Waals surface area contributed by atoms with E-state index >= 15 is 0 Å². The number of methoxy groups -OCH3 is 1. The lowest BCUT2D eigenvalue weighted by Gasteiger charge is -2.30. The van der Waals surface area contributed by atoms with Crippen molar-refractivity contribution in [3.05, 3.63) is 138 Å². The second-order valence-electron chi connectivity index (χ2n) is 11.8. The summed E-state index contributed by atoms with van der Waals surface area (Å²) < 4.78 is 7.48. The van der Waals surface area contributed by atoms with Crippen LogP contribution in [0.3, 0.4) is 0 Å². The number of hydrogen-bond donors (Lipinski definition) is 4. The van der Waals surface area contributed by atoms with Crippen LogP contribution in [0.2, 0.25) is 0 Å². The first kappa shape index (κ1) is 37.2. The molecule has 6 N–H and O–H groups in total. The van der Waals surface area contributed by atoms with Gasteiger partial charge >= 0.3 is 0 Å². The molecule has 0 aromatic heterocycles. The first-order chi connectivity index (χ1) is 22.8. The van der Waals surface area contributed by atoms with Gasteiger partial charge in [-0.15, -0.1) is 0 Å². The van der Waals surface area contributed by atoms with E-state index in [0.29, 0.717) is 18.3 Å². The molecule has 4 aromatic carbocycles. The minimum Gasteiger partial charge on any atom is -0.483 e. The van der Waals surface area contributed by atoms with Crippen molar-refractivity contribution in [2.45, 2.75) is 49.6 Å². The summed E-state index contributed by atoms with van der Waals surface area (Å²) in [6, 6.07) is 36.4. The van der Waals surface area contributed by atoms with Gasteiger partial charge in [0.2, 0.25) is 0 Å². The molecule has 2 unspecified atom stereocenters. The zero-order valence-corrected chi connectivity index (χ0v) is 29.0. The Bertz CT molecular complexity index is 1430. The predicted octanol–water partition coefficient (Wildman–Crippen LogP) is 7.33. The molecule has 0 aliphatic carbocycles. The van der Waals surface area contributed by atoms with Gasteiger partial charge < -0.3 is 31.6 Å². The minimum atomic E-state index is -0.442. The third-order valence-corrected chi connectivity index (χ3v) is 8.99. The fourth-order valence-corrected chi connectivity index (χ4v) is 6.18. The molecule has 7 nitrogen and oxygen atoms in total. The summed E-state index contributed by atoms with van der Waals surface area (Å²) >= 11 is 1.78. The molecule has 250 valence electrons. The number of carbonyl (C=O) groups is 1. The monoisotopic (exact) mass is 653 g/mol. The molecular formula is C39H51N5O2S. The maximum absolute atomic E-state index is 11.6. The molecule has 0 saturated carbocycles. The molecule has 0 amide bonds. The van der Waals surface area contributed by atoms with Gasteiger partial charge in [0.15, 0.2) is 5.88 Å². The molecular weight excluding hydrogens is 603 g/mol. The molecule has 0 heterocycles. The number of carbonyl (C=O) groups excluding carboxylic acids is 1. The van der Waals surface area contributed by atoms with Crippen LogP contribution >= 0.6 is 11.9 Å². The summed E-state index contributed by atoms with van der Waals surface area (Å²) in [5.74, 6) is 0.941. The topological polar surface area (TPSA) is 106 Å². The number of nitrogen functional groups attached to an aromatic ring is 1. The molecule has 0 aliphatic rings. The highest BCUT2D eigenvalue weighted by molar-refractivity contribution is 7.97. The van der Waals surface area contributed by atoms with Crippen LogP contribution in [0.5, 0.6) is 0 Å². The number of benzene rings is 4. The fourth-order valence-electron chi connectivity index (χ4n) is 5.15. The van der Waals surface area contributed by atoms with Gasteiger partial charge in [-0.3, -0.25) is 0 Å². The first-order valence-corrected chi connectivity index (χ1v) is 16.9. The molecule has 4 aromatic rings. The van der Waals surface area contributed by atoms with Crippen molar-refractivity contribution in [1.29, 1.82) is 0 Å². The Morgan fingerprint density at radius 1 is 0.936 bits per heavy atom. The van der Waals surface area contributed by atoms with Crippen molar-refractivity contribution in [2.24, 2.45) is 11.7 Å². The van der Waals surface area contributed by atoms with Gasteiger partial charge in [-0.25, -0.2) is 4.31 Å². The van der Waals surface area contributed by atoms with Crippen LogP contribution in [0.4, 0.5) is 11.4 Å². The van der Waals surface area contributed by atoms with Crippen LogP contribution in [0.25, 0.3) is 0 Å². The van der Waals surface area contributed by atoms with Crippen LogP contribution in [0.15, 0.2) is 127 Å². The van der Waals surface area contributed by atoms with Crippen molar-refractivity contribution in [3.63, 3.8) is 0 Å². The van der Waals surface area contributed by atoms with Crippen molar-refractivity contribution in [2.75, 3.05) is 38.3 Å². The fraction of sp³-hybridized carbons (Fsp3) is 0.308. The lowest BCUT2D eigenvalue weighted by atomic mass is 9.85. The second kappa shape index (κ2) is 20.1. The van der Waals surface area contributed by atoms with E-state index in [9.17, 15) is 4.79 Å². The van der Waals surface area contributed by atoms with E-state index in [1.165, 1.54) is 17.6 Å². The average Bonchev–Trinajstić information content (AvgIpc) is 3.10. The van der Waals surface area contributed by atoms with Gasteiger partial charge in [-0.1, -0.05) is 86.6 Å². The summed E-state index contributed by atoms with van der Waals surface area (Å²) in [4.78, 5) is 12.8. The van der Waals surface area contributed by atoms with Crippen molar-refractivity contribution < 1.29 is 9.53 Å². The number of rotatable bonds is 17. The van der Waals surface area contributed by atoms with Crippen molar-refractivity contribution in [1.82, 2.24) is 9.62 Å². The third-order valence-electron chi connectivity index (χ3n) is 7.79. The molecule has 0 bridgehead atoms. The molecule has 0 saturated heterocycles. The van der Waals surface area contributed by atoms with E-state index in [0.717, 1.165) is 48.2 Å². The number of anilines is 2. The highest BCUT2D eigenvalue weighted by Gasteiger charge is 2.25. The normalized spacial score (nSPS) is 12.2. The molecule has 4 rings (SSSR count). The summed E-state index contributed by atoms with van der Waals surface area (Å²) in [5, 5.41) is 6.24. The summed E-state index contributed by atoms with van der Waals surface area (Å²) in [7, 11) is 3.47. The predicted molar refractivity (Wildman–Crippen MR) is 199 cm³/mol. The quantitative estimate of drug-likeness (QED) is 0.0407. The Hall–Kier alpha value is -4.24. The van der Waals surface area contributed by atoms with E-state index < -0.39 is 6.04 Å². The minimum absolute atomic E-state index is 0.100. The number of nitrogens with one attached hydrogen (secondary N) is 2. The van der Waals surface area contributed by atoms with Gasteiger partial charge in [-0.05, 0) is 90.4 Å². The number of hydrogen-bond acceptors (Lipinski definition) is 8. The largest absolute Gasteiger partial charge is 0.483 e. The lowest BCUT2D eigenvalue weighted by Crippen LogP contribution is -2.38. The third kappa shape index (κ3) is 12.5. The van der Waals surface area contributed by atoms with E-state index in [1.807, 2.05) is 79.8 Å². The number of ether oxygens (including phenoxy) is 1. The number of nitrogens with zero attached hydrogens (tertiary/aromatic N) is 1. The molecule has 8 heteroatoms. The van der Waals surface area contributed by atoms with E-state index in [1.54, 1.807) is 11.9 Å². The maximum Gasteiger partial charge on any atom is 0.179 e. The van der Waals surface area contributed by atoms with Gasteiger partial charge in [0, 0.05) is 48.4 Å². The van der Waals surface area contributed by atoms with Crippen LogP contribution < -0.4 is 22.1 Å². The lowest BCUT2D eigenvalue weighted by molar-refractivity contribution is -0.109. The maximum atomic E-state index is 11.6. The van der Waals surface area contributed by atoms with E-state index in [2.05, 4.69) is 71.8 Å². The first-order valence-electron chi connectivity index (χ1n) is 16.1. The molecule has 47 heavy (non-hydrogen) atoms. The van der Waals surface area contributed by atoms with E-state index in [-0.39, 0.29) is 12.0 Å². The molecule has 0 radical (unpaired) electrons. The zero-order valence-electron chi connectivity index (χ0n) is 28.1. The molecule has 0 aliphatic heterocycles. The SMILES string of the molecule is C=C(NC(C=O)C(c1ccccc1)c1ccccc1)OC.CNc1cccc(CC(CN)N(CCC(C)C)Sc2ccc(N)cc2)c1. The summed E-state index contributed by atoms with van der Waals surface area (Å²) in [6.45, 7) is 9.91. The van der Waals surface area contributed by atoms with Crippen molar-refractivity contribution in [3.8, 4) is 0 Å². The van der Waals surface area contributed by atoms with Crippen LogP contribution in [-0.2, 0) is 16.0 Å². The zero-order chi connectivity index (χ0) is 34.0. The number of aldehydes is 1. The smallest absolute Gasteiger partial charge is 0.179 e. The molecule has 0 fully saturated rings. The average molecular weight is 654 g/mol. The Labute approximate surface area is 285 Å². The number of nitrogens with two attached hydrogens (primary N) is 2. The highest BCUT2D eigenvalue weighted by atomic mass is 32.2. The van der Waals surface area contributed by atoms with Crippen LogP contribution in [-0.4, -0.2) is 49.9 Å². The highest BCUT2D eigenvalue weighted by Crippen LogP contribution is 2.29. The van der Waals surface area contributed by atoms with Gasteiger partial charge in [0.25, 0.3) is 0 Å². The van der Waals surface area contributed by atoms with Gasteiger partial charge in [0.1, 0.15) is 6.29 Å². The molecule has 2 atom stereocenters. The summed E-state index contributed by atoms with van der Waals surface area (Å²) in [6.07, 6.45) is 2.98. The van der Waals surface area contributed by atoms with Crippen LogP contribution in [0.1, 0.15) is 42.9 Å². The Balaban J connectivity index is 0.000000261. The Morgan fingerprint density at radius 2 is 1.55 bits per heavy atom. The summed E-state index contributed by atoms with van der Waals surface area (Å²) in [5.41, 5.74) is 17.4. The molecule has 0 spiro atoms. The Kier molecular flexibility index (Phi) is 15.9. The standard InChI is InChI=1S/C21H32N4S.C18H19NO2/c1-16(2)11-12-25(26-21-9-7-18(23)8-10-21)20(15-22)14-17-5-4-6-19(13-17)24-3;1-14(21-2)19-17(13-20)18(15-9-5-3-6-10-15)16-11-7-4-8-12-16/h4-10,13,16,20,24H,11-12,14-15,22-23H2,1-3H3;3-13,17-19H,1H2,2H3. The Morgan fingerprint density at radius 3 is 2.06 bits per heavy atom. The second-order valence-corrected chi connectivity index (χ2v) is 12.9. The van der Waals surface area contributed by atoms with Crippen molar-refractivity contribution >= 4 is 29.6 Å². The van der Waals surface area contributed by atoms with Gasteiger partial charge in [-0.2, -0.15) is 0 Å².